The van der Waals surface area contributed by atoms with Crippen LogP contribution < -0.4 is 19.8 Å². The Morgan fingerprint density at radius 3 is 2.54 bits per heavy atom. The molecular formula is C29H31ClN4O6S. The molecule has 12 heteroatoms. The molecule has 10 nitrogen and oxygen atoms in total. The van der Waals surface area contributed by atoms with Gasteiger partial charge in [-0.25, -0.2) is 13.8 Å². The second-order valence-electron chi connectivity index (χ2n) is 9.35. The molecule has 1 saturated heterocycles. The Morgan fingerprint density at radius 1 is 1.10 bits per heavy atom. The molecule has 1 atom stereocenters. The number of nitrogens with zero attached hydrogens (tertiary/aromatic N) is 2. The minimum Gasteiger partial charge on any atom is -0.484 e. The second kappa shape index (κ2) is 14.1. The molecule has 216 valence electrons. The van der Waals surface area contributed by atoms with Gasteiger partial charge in [0.25, 0.3) is 21.8 Å². The van der Waals surface area contributed by atoms with Crippen LogP contribution in [0.2, 0.25) is 5.02 Å². The van der Waals surface area contributed by atoms with Crippen LogP contribution in [0.25, 0.3) is 0 Å². The fraction of sp³-hybridized carbons (Fsp3) is 0.276. The zero-order valence-electron chi connectivity index (χ0n) is 22.5. The maximum Gasteiger partial charge on any atom is 0.264 e. The lowest BCUT2D eigenvalue weighted by molar-refractivity contribution is -0.123. The standard InChI is InChI=1S/C29H31ClN4O6S/c1-21-9-12-23(16-27(21)30)34(41(37,38)26-7-3-2-4-8-26)19-28(35)33-32-17-22-10-13-24(14-11-22)40-20-29(36)31-18-25-6-5-15-39-25/h2-4,7-14,16-17,25H,5-6,15,18-20H2,1H3,(H,31,36)(H,33,35)/b32-17-/t25-/m0/s1. The topological polar surface area (TPSA) is 126 Å². The Labute approximate surface area is 244 Å². The van der Waals surface area contributed by atoms with Crippen molar-refractivity contribution < 1.29 is 27.5 Å². The molecule has 0 radical (unpaired) electrons. The minimum absolute atomic E-state index is 0.0376. The molecule has 0 aliphatic carbocycles. The molecule has 0 bridgehead atoms. The van der Waals surface area contributed by atoms with Crippen LogP contribution in [0.15, 0.2) is 82.8 Å². The molecule has 41 heavy (non-hydrogen) atoms. The summed E-state index contributed by atoms with van der Waals surface area (Å²) in [5.41, 5.74) is 4.05. The first-order valence-corrected chi connectivity index (χ1v) is 14.8. The van der Waals surface area contributed by atoms with Gasteiger partial charge in [-0.2, -0.15) is 5.10 Å². The average molecular weight is 599 g/mol. The van der Waals surface area contributed by atoms with Crippen molar-refractivity contribution in [2.75, 3.05) is 30.6 Å². The molecule has 0 saturated carbocycles. The number of nitrogens with one attached hydrogen (secondary N) is 2. The summed E-state index contributed by atoms with van der Waals surface area (Å²) < 4.78 is 38.8. The van der Waals surface area contributed by atoms with Crippen molar-refractivity contribution in [2.45, 2.75) is 30.8 Å². The molecule has 2 N–H and O–H groups in total. The zero-order chi connectivity index (χ0) is 29.2. The molecule has 1 fully saturated rings. The number of amides is 2. The largest absolute Gasteiger partial charge is 0.484 e. The first-order chi connectivity index (χ1) is 19.7. The van der Waals surface area contributed by atoms with E-state index in [1.165, 1.54) is 24.4 Å². The Morgan fingerprint density at radius 2 is 1.85 bits per heavy atom. The van der Waals surface area contributed by atoms with Gasteiger partial charge < -0.3 is 14.8 Å². The van der Waals surface area contributed by atoms with Gasteiger partial charge in [-0.15, -0.1) is 0 Å². The van der Waals surface area contributed by atoms with Gasteiger partial charge in [0.05, 0.1) is 22.9 Å². The van der Waals surface area contributed by atoms with E-state index in [1.807, 2.05) is 0 Å². The third-order valence-electron chi connectivity index (χ3n) is 6.27. The molecule has 1 aliphatic heterocycles. The van der Waals surface area contributed by atoms with Crippen molar-refractivity contribution in [1.82, 2.24) is 10.7 Å². The quantitative estimate of drug-likeness (QED) is 0.242. The van der Waals surface area contributed by atoms with Crippen LogP contribution in [-0.4, -0.2) is 58.9 Å². The van der Waals surface area contributed by atoms with E-state index in [-0.39, 0.29) is 29.2 Å². The lowest BCUT2D eigenvalue weighted by atomic mass is 10.2. The Kier molecular flexibility index (Phi) is 10.3. The fourth-order valence-corrected chi connectivity index (χ4v) is 5.61. The highest BCUT2D eigenvalue weighted by Gasteiger charge is 2.27. The summed E-state index contributed by atoms with van der Waals surface area (Å²) in [5.74, 6) is -0.381. The molecule has 0 spiro atoms. The third-order valence-corrected chi connectivity index (χ3v) is 8.46. The van der Waals surface area contributed by atoms with Gasteiger partial charge in [-0.3, -0.25) is 13.9 Å². The number of ether oxygens (including phenoxy) is 2. The maximum atomic E-state index is 13.4. The molecular weight excluding hydrogens is 568 g/mol. The Hall–Kier alpha value is -3.93. The lowest BCUT2D eigenvalue weighted by Gasteiger charge is -2.24. The summed E-state index contributed by atoms with van der Waals surface area (Å²) in [6, 6.07) is 19.4. The van der Waals surface area contributed by atoms with Crippen molar-refractivity contribution in [1.29, 1.82) is 0 Å². The second-order valence-corrected chi connectivity index (χ2v) is 11.6. The maximum absolute atomic E-state index is 13.4. The summed E-state index contributed by atoms with van der Waals surface area (Å²) in [6.45, 7) is 2.36. The van der Waals surface area contributed by atoms with Crippen LogP contribution in [0.4, 0.5) is 5.69 Å². The summed E-state index contributed by atoms with van der Waals surface area (Å²) in [5, 5.41) is 7.12. The normalized spacial score (nSPS) is 15.0. The van der Waals surface area contributed by atoms with Crippen molar-refractivity contribution in [3.63, 3.8) is 0 Å². The predicted molar refractivity (Wildman–Crippen MR) is 157 cm³/mol. The summed E-state index contributed by atoms with van der Waals surface area (Å²) in [6.07, 6.45) is 3.43. The van der Waals surface area contributed by atoms with Gasteiger partial charge in [0.1, 0.15) is 12.3 Å². The van der Waals surface area contributed by atoms with Crippen LogP contribution in [-0.2, 0) is 24.3 Å². The first kappa shape index (κ1) is 30.0. The van der Waals surface area contributed by atoms with Crippen molar-refractivity contribution >= 4 is 45.3 Å². The lowest BCUT2D eigenvalue weighted by Crippen LogP contribution is -2.39. The number of hydrogen-bond acceptors (Lipinski definition) is 7. The third kappa shape index (κ3) is 8.53. The highest BCUT2D eigenvalue weighted by molar-refractivity contribution is 7.92. The molecule has 0 unspecified atom stereocenters. The van der Waals surface area contributed by atoms with E-state index in [4.69, 9.17) is 21.1 Å². The molecule has 3 aromatic rings. The molecule has 2 amide bonds. The van der Waals surface area contributed by atoms with E-state index in [0.717, 1.165) is 29.3 Å². The van der Waals surface area contributed by atoms with Crippen LogP contribution in [0.3, 0.4) is 0 Å². The van der Waals surface area contributed by atoms with Crippen LogP contribution >= 0.6 is 11.6 Å². The number of anilines is 1. The summed E-state index contributed by atoms with van der Waals surface area (Å²) in [7, 11) is -4.07. The highest BCUT2D eigenvalue weighted by atomic mass is 35.5. The minimum atomic E-state index is -4.07. The van der Waals surface area contributed by atoms with Crippen LogP contribution in [0, 0.1) is 6.92 Å². The van der Waals surface area contributed by atoms with Gasteiger partial charge in [-0.05, 0) is 79.4 Å². The number of sulfonamides is 1. The SMILES string of the molecule is Cc1ccc(N(CC(=O)N/N=C\c2ccc(OCC(=O)NC[C@@H]3CCCO3)cc2)S(=O)(=O)c2ccccc2)cc1Cl. The van der Waals surface area contributed by atoms with E-state index >= 15 is 0 Å². The molecule has 3 aromatic carbocycles. The molecule has 0 aromatic heterocycles. The number of carbonyl (C=O) groups is 2. The predicted octanol–water partition coefficient (Wildman–Crippen LogP) is 3.67. The Bertz CT molecular complexity index is 1480. The monoisotopic (exact) mass is 598 g/mol. The van der Waals surface area contributed by atoms with Crippen molar-refractivity contribution in [3.8, 4) is 5.75 Å². The number of hydrogen-bond donors (Lipinski definition) is 2. The van der Waals surface area contributed by atoms with Gasteiger partial charge in [0, 0.05) is 18.2 Å². The Balaban J connectivity index is 1.33. The molecule has 4 rings (SSSR count). The van der Waals surface area contributed by atoms with Gasteiger partial charge in [-0.1, -0.05) is 35.9 Å². The summed E-state index contributed by atoms with van der Waals surface area (Å²) >= 11 is 6.25. The van der Waals surface area contributed by atoms with E-state index in [9.17, 15) is 18.0 Å². The van der Waals surface area contributed by atoms with E-state index in [1.54, 1.807) is 61.5 Å². The van der Waals surface area contributed by atoms with E-state index in [0.29, 0.717) is 22.9 Å². The summed E-state index contributed by atoms with van der Waals surface area (Å²) in [4.78, 5) is 24.8. The van der Waals surface area contributed by atoms with Gasteiger partial charge in [0.15, 0.2) is 6.61 Å². The fourth-order valence-electron chi connectivity index (χ4n) is 4.00. The van der Waals surface area contributed by atoms with Crippen LogP contribution in [0.1, 0.15) is 24.0 Å². The van der Waals surface area contributed by atoms with Crippen molar-refractivity contribution in [2.24, 2.45) is 5.10 Å². The van der Waals surface area contributed by atoms with Gasteiger partial charge in [0.2, 0.25) is 0 Å². The number of hydrazone groups is 1. The van der Waals surface area contributed by atoms with Crippen molar-refractivity contribution in [3.05, 3.63) is 88.9 Å². The zero-order valence-corrected chi connectivity index (χ0v) is 24.0. The molecule has 1 heterocycles. The number of halogens is 1. The number of carbonyl (C=O) groups excluding carboxylic acids is 2. The highest BCUT2D eigenvalue weighted by Crippen LogP contribution is 2.28. The molecule has 1 aliphatic rings. The van der Waals surface area contributed by atoms with Crippen LogP contribution in [0.5, 0.6) is 5.75 Å². The first-order valence-electron chi connectivity index (χ1n) is 13.0. The smallest absolute Gasteiger partial charge is 0.264 e. The average Bonchev–Trinajstić information content (AvgIpc) is 3.50. The van der Waals surface area contributed by atoms with E-state index in [2.05, 4.69) is 15.8 Å². The van der Waals surface area contributed by atoms with Gasteiger partial charge >= 0.3 is 0 Å². The number of rotatable bonds is 12. The number of aryl methyl sites for hydroxylation is 1. The van der Waals surface area contributed by atoms with E-state index < -0.39 is 22.5 Å². The number of benzene rings is 3.